The van der Waals surface area contributed by atoms with Crippen molar-refractivity contribution in [2.75, 3.05) is 38.2 Å². The van der Waals surface area contributed by atoms with Crippen LogP contribution < -0.4 is 5.32 Å². The highest BCUT2D eigenvalue weighted by atomic mass is 32.2. The SMILES string of the molecule is COC(=O)C1CCN(C(=NCC2CCS(=O)(=O)C2)NC2CCCC2)CC1. The number of esters is 1. The first-order chi connectivity index (χ1) is 12.5. The molecule has 2 aliphatic heterocycles. The van der Waals surface area contributed by atoms with Gasteiger partial charge in [-0.25, -0.2) is 8.42 Å². The number of hydrogen-bond donors (Lipinski definition) is 1. The molecule has 0 aromatic rings. The monoisotopic (exact) mass is 385 g/mol. The fourth-order valence-electron chi connectivity index (χ4n) is 4.21. The number of carbonyl (C=O) groups is 1. The zero-order valence-corrected chi connectivity index (χ0v) is 16.5. The zero-order valence-electron chi connectivity index (χ0n) is 15.7. The van der Waals surface area contributed by atoms with E-state index >= 15 is 0 Å². The number of sulfone groups is 1. The first-order valence-electron chi connectivity index (χ1n) is 9.81. The molecule has 2 saturated heterocycles. The van der Waals surface area contributed by atoms with Crippen molar-refractivity contribution in [3.05, 3.63) is 0 Å². The average molecular weight is 386 g/mol. The minimum atomic E-state index is -2.86. The lowest BCUT2D eigenvalue weighted by molar-refractivity contribution is -0.146. The highest BCUT2D eigenvalue weighted by molar-refractivity contribution is 7.91. The second-order valence-electron chi connectivity index (χ2n) is 7.84. The maximum absolute atomic E-state index is 11.7. The van der Waals surface area contributed by atoms with Crippen LogP contribution in [0.4, 0.5) is 0 Å². The molecule has 0 bridgehead atoms. The number of carbonyl (C=O) groups excluding carboxylic acids is 1. The second-order valence-corrected chi connectivity index (χ2v) is 10.1. The van der Waals surface area contributed by atoms with Gasteiger partial charge in [-0.3, -0.25) is 9.79 Å². The molecule has 0 aromatic carbocycles. The van der Waals surface area contributed by atoms with Crippen molar-refractivity contribution in [2.24, 2.45) is 16.8 Å². The lowest BCUT2D eigenvalue weighted by atomic mass is 9.97. The maximum Gasteiger partial charge on any atom is 0.308 e. The Labute approximate surface area is 156 Å². The predicted molar refractivity (Wildman–Crippen MR) is 101 cm³/mol. The normalized spacial score (nSPS) is 27.7. The standard InChI is InChI=1S/C18H31N3O4S/c1-25-17(22)15-6-9-21(10-7-15)18(20-16-4-2-3-5-16)19-12-14-8-11-26(23,24)13-14/h14-16H,2-13H2,1H3,(H,19,20). The van der Waals surface area contributed by atoms with E-state index in [-0.39, 0.29) is 23.6 Å². The van der Waals surface area contributed by atoms with Crippen molar-refractivity contribution in [3.63, 3.8) is 0 Å². The van der Waals surface area contributed by atoms with Crippen molar-refractivity contribution < 1.29 is 17.9 Å². The molecule has 1 atom stereocenters. The van der Waals surface area contributed by atoms with Gasteiger partial charge in [0, 0.05) is 25.7 Å². The highest BCUT2D eigenvalue weighted by Gasteiger charge is 2.30. The third-order valence-corrected chi connectivity index (χ3v) is 7.68. The van der Waals surface area contributed by atoms with Gasteiger partial charge < -0.3 is 15.0 Å². The molecule has 7 nitrogen and oxygen atoms in total. The third kappa shape index (κ3) is 5.11. The molecule has 3 fully saturated rings. The van der Waals surface area contributed by atoms with Crippen LogP contribution in [0.5, 0.6) is 0 Å². The fourth-order valence-corrected chi connectivity index (χ4v) is 6.06. The number of methoxy groups -OCH3 is 1. The number of nitrogens with one attached hydrogen (secondary N) is 1. The molecule has 1 unspecified atom stereocenters. The van der Waals surface area contributed by atoms with E-state index in [1.54, 1.807) is 0 Å². The molecule has 8 heteroatoms. The Morgan fingerprint density at radius 3 is 2.42 bits per heavy atom. The van der Waals surface area contributed by atoms with E-state index in [1.807, 2.05) is 0 Å². The molecular weight excluding hydrogens is 354 g/mol. The molecule has 0 aromatic heterocycles. The van der Waals surface area contributed by atoms with Crippen LogP contribution in [0.2, 0.25) is 0 Å². The molecule has 1 N–H and O–H groups in total. The fraction of sp³-hybridized carbons (Fsp3) is 0.889. The van der Waals surface area contributed by atoms with Crippen molar-refractivity contribution in [3.8, 4) is 0 Å². The molecule has 0 amide bonds. The van der Waals surface area contributed by atoms with Gasteiger partial charge in [0.25, 0.3) is 0 Å². The van der Waals surface area contributed by atoms with E-state index in [2.05, 4.69) is 10.2 Å². The van der Waals surface area contributed by atoms with Crippen LogP contribution in [-0.2, 0) is 19.4 Å². The molecule has 1 aliphatic carbocycles. The minimum Gasteiger partial charge on any atom is -0.469 e. The van der Waals surface area contributed by atoms with E-state index in [9.17, 15) is 13.2 Å². The summed E-state index contributed by atoms with van der Waals surface area (Å²) in [5, 5.41) is 3.60. The number of likely N-dealkylation sites (tertiary alicyclic amines) is 1. The largest absolute Gasteiger partial charge is 0.469 e. The van der Waals surface area contributed by atoms with Gasteiger partial charge in [0.05, 0.1) is 24.5 Å². The zero-order chi connectivity index (χ0) is 18.6. The van der Waals surface area contributed by atoms with E-state index in [0.29, 0.717) is 24.8 Å². The Hall–Kier alpha value is -1.31. The Morgan fingerprint density at radius 2 is 1.85 bits per heavy atom. The maximum atomic E-state index is 11.7. The van der Waals surface area contributed by atoms with Crippen LogP contribution in [0.25, 0.3) is 0 Å². The van der Waals surface area contributed by atoms with Gasteiger partial charge in [0.1, 0.15) is 0 Å². The summed E-state index contributed by atoms with van der Waals surface area (Å²) in [7, 11) is -1.42. The van der Waals surface area contributed by atoms with E-state index in [4.69, 9.17) is 9.73 Å². The summed E-state index contributed by atoms with van der Waals surface area (Å²) in [5.74, 6) is 1.44. The molecule has 3 aliphatic rings. The third-order valence-electron chi connectivity index (χ3n) is 5.84. The lowest BCUT2D eigenvalue weighted by Gasteiger charge is -2.34. The van der Waals surface area contributed by atoms with Crippen molar-refractivity contribution in [1.29, 1.82) is 0 Å². The summed E-state index contributed by atoms with van der Waals surface area (Å²) in [6, 6.07) is 0.458. The predicted octanol–water partition coefficient (Wildman–Crippen LogP) is 1.19. The molecule has 3 rings (SSSR count). The van der Waals surface area contributed by atoms with Crippen LogP contribution in [0, 0.1) is 11.8 Å². The Bertz CT molecular complexity index is 620. The van der Waals surface area contributed by atoms with Crippen LogP contribution in [0.1, 0.15) is 44.9 Å². The average Bonchev–Trinajstić information content (AvgIpc) is 3.27. The van der Waals surface area contributed by atoms with E-state index in [0.717, 1.165) is 44.7 Å². The van der Waals surface area contributed by atoms with Gasteiger partial charge >= 0.3 is 5.97 Å². The number of rotatable bonds is 4. The molecule has 1 saturated carbocycles. The summed E-state index contributed by atoms with van der Waals surface area (Å²) in [6.07, 6.45) is 7.08. The number of aliphatic imine (C=N–C) groups is 1. The summed E-state index contributed by atoms with van der Waals surface area (Å²) < 4.78 is 28.2. The van der Waals surface area contributed by atoms with Gasteiger partial charge in [-0.2, -0.15) is 0 Å². The number of nitrogens with zero attached hydrogens (tertiary/aromatic N) is 2. The Kier molecular flexibility index (Phi) is 6.42. The second kappa shape index (κ2) is 8.59. The Morgan fingerprint density at radius 1 is 1.15 bits per heavy atom. The molecule has 26 heavy (non-hydrogen) atoms. The van der Waals surface area contributed by atoms with Crippen molar-refractivity contribution >= 4 is 21.8 Å². The molecular formula is C18H31N3O4S. The molecule has 0 spiro atoms. The van der Waals surface area contributed by atoms with Gasteiger partial charge in [-0.1, -0.05) is 12.8 Å². The first kappa shape index (κ1) is 19.5. The number of hydrogen-bond acceptors (Lipinski definition) is 5. The number of piperidine rings is 1. The number of guanidine groups is 1. The Balaban J connectivity index is 1.61. The quantitative estimate of drug-likeness (QED) is 0.444. The van der Waals surface area contributed by atoms with Crippen LogP contribution in [0.3, 0.4) is 0 Å². The first-order valence-corrected chi connectivity index (χ1v) is 11.6. The van der Waals surface area contributed by atoms with Crippen molar-refractivity contribution in [1.82, 2.24) is 10.2 Å². The van der Waals surface area contributed by atoms with Crippen LogP contribution >= 0.6 is 0 Å². The van der Waals surface area contributed by atoms with Gasteiger partial charge in [-0.05, 0) is 38.0 Å². The summed E-state index contributed by atoms with van der Waals surface area (Å²) in [5.41, 5.74) is 0. The molecule has 148 valence electrons. The minimum absolute atomic E-state index is 0.0241. The molecule has 2 heterocycles. The van der Waals surface area contributed by atoms with Gasteiger partial charge in [0.15, 0.2) is 15.8 Å². The van der Waals surface area contributed by atoms with Gasteiger partial charge in [0.2, 0.25) is 0 Å². The summed E-state index contributed by atoms with van der Waals surface area (Å²) in [4.78, 5) is 18.8. The lowest BCUT2D eigenvalue weighted by Crippen LogP contribution is -2.49. The summed E-state index contributed by atoms with van der Waals surface area (Å²) >= 11 is 0. The van der Waals surface area contributed by atoms with E-state index in [1.165, 1.54) is 20.0 Å². The topological polar surface area (TPSA) is 88.1 Å². The summed E-state index contributed by atoms with van der Waals surface area (Å²) in [6.45, 7) is 2.12. The van der Waals surface area contributed by atoms with Crippen LogP contribution in [0.15, 0.2) is 4.99 Å². The van der Waals surface area contributed by atoms with Gasteiger partial charge in [-0.15, -0.1) is 0 Å². The highest BCUT2D eigenvalue weighted by Crippen LogP contribution is 2.22. The van der Waals surface area contributed by atoms with Crippen LogP contribution in [-0.4, -0.2) is 69.5 Å². The number of ether oxygens (including phenoxy) is 1. The van der Waals surface area contributed by atoms with Crippen molar-refractivity contribution in [2.45, 2.75) is 51.0 Å². The van der Waals surface area contributed by atoms with E-state index < -0.39 is 9.84 Å². The smallest absolute Gasteiger partial charge is 0.308 e. The molecule has 0 radical (unpaired) electrons.